The number of hydrogen-bond donors (Lipinski definition) is 1. The maximum Gasteiger partial charge on any atom is 0.328 e. The smallest absolute Gasteiger partial charge is 0.328 e. The number of hydrogen-bond acceptors (Lipinski definition) is 2. The third-order valence-corrected chi connectivity index (χ3v) is 5.07. The molecule has 1 N–H and O–H groups in total. The molecule has 0 bridgehead atoms. The van der Waals surface area contributed by atoms with Gasteiger partial charge in [-0.25, -0.2) is 4.79 Å². The van der Waals surface area contributed by atoms with Gasteiger partial charge in [-0.1, -0.05) is 67.2 Å². The zero-order valence-electron chi connectivity index (χ0n) is 17.5. The van der Waals surface area contributed by atoms with Gasteiger partial charge in [0.05, 0.1) is 6.10 Å². The second-order valence-electron chi connectivity index (χ2n) is 8.18. The number of carbonyl (C=O) groups is 1. The molecule has 0 saturated carbocycles. The van der Waals surface area contributed by atoms with E-state index in [0.29, 0.717) is 6.61 Å². The minimum absolute atomic E-state index is 0.0217. The Hall–Kier alpha value is -2.57. The quantitative estimate of drug-likeness (QED) is 0.327. The highest BCUT2D eigenvalue weighted by molar-refractivity contribution is 5.81. The van der Waals surface area contributed by atoms with Gasteiger partial charge in [0.1, 0.15) is 6.61 Å². The van der Waals surface area contributed by atoms with Crippen LogP contribution in [0.3, 0.4) is 0 Å². The molecule has 0 fully saturated rings. The number of aryl methyl sites for hydroxylation is 1. The van der Waals surface area contributed by atoms with Crippen LogP contribution >= 0.6 is 0 Å². The van der Waals surface area contributed by atoms with Crippen molar-refractivity contribution < 1.29 is 14.6 Å². The summed E-state index contributed by atoms with van der Waals surface area (Å²) in [7, 11) is 0. The second-order valence-corrected chi connectivity index (χ2v) is 8.18. The number of ether oxygens (including phenoxy) is 1. The molecule has 148 valence electrons. The number of rotatable bonds is 5. The molecule has 0 aliphatic heterocycles. The zero-order valence-corrected chi connectivity index (χ0v) is 17.5. The van der Waals surface area contributed by atoms with Crippen LogP contribution in [0.25, 0.3) is 0 Å². The minimum Gasteiger partial charge on any atom is -0.478 e. The molecular weight excluding hydrogens is 348 g/mol. The predicted molar refractivity (Wildman–Crippen MR) is 114 cm³/mol. The Morgan fingerprint density at radius 3 is 2.57 bits per heavy atom. The summed E-state index contributed by atoms with van der Waals surface area (Å²) in [6.45, 7) is 10.8. The van der Waals surface area contributed by atoms with Crippen LogP contribution in [0, 0.1) is 30.1 Å². The van der Waals surface area contributed by atoms with Gasteiger partial charge in [-0.15, -0.1) is 0 Å². The molecular formula is C25H30O3. The van der Waals surface area contributed by atoms with E-state index in [1.807, 2.05) is 18.2 Å². The van der Waals surface area contributed by atoms with Gasteiger partial charge in [-0.05, 0) is 50.3 Å². The van der Waals surface area contributed by atoms with E-state index in [9.17, 15) is 4.79 Å². The second kappa shape index (κ2) is 9.57. The van der Waals surface area contributed by atoms with E-state index in [4.69, 9.17) is 9.84 Å². The summed E-state index contributed by atoms with van der Waals surface area (Å²) in [5, 5.41) is 8.85. The molecule has 3 heteroatoms. The molecule has 0 saturated heterocycles. The lowest BCUT2D eigenvalue weighted by molar-refractivity contribution is -0.131. The third-order valence-electron chi connectivity index (χ3n) is 5.07. The number of aliphatic carboxylic acids is 1. The molecule has 2 rings (SSSR count). The average molecular weight is 379 g/mol. The van der Waals surface area contributed by atoms with Gasteiger partial charge >= 0.3 is 5.97 Å². The van der Waals surface area contributed by atoms with Crippen molar-refractivity contribution >= 4 is 5.97 Å². The standard InChI is InChI=1S/C25H30O3/c1-18-8-11-21(12-9-18)7-6-14-28-22-16-20(3)23(25(4,5)17-22)13-10-19(2)15-24(26)27/h8-13,15-16,22-23H,14,17H2,1-5H3,(H,26,27)/b13-10+,19-15-/t22?,23-/m0/s1. The van der Waals surface area contributed by atoms with Crippen molar-refractivity contribution in [2.24, 2.45) is 11.3 Å². The predicted octanol–water partition coefficient (Wildman–Crippen LogP) is 5.31. The highest BCUT2D eigenvalue weighted by Crippen LogP contribution is 2.42. The van der Waals surface area contributed by atoms with Crippen LogP contribution in [0.4, 0.5) is 0 Å². The van der Waals surface area contributed by atoms with Gasteiger partial charge in [0.15, 0.2) is 0 Å². The zero-order chi connectivity index (χ0) is 20.7. The van der Waals surface area contributed by atoms with Crippen LogP contribution < -0.4 is 0 Å². The van der Waals surface area contributed by atoms with Crippen LogP contribution in [0.2, 0.25) is 0 Å². The lowest BCUT2D eigenvalue weighted by atomic mass is 9.67. The molecule has 1 aliphatic carbocycles. The van der Waals surface area contributed by atoms with E-state index >= 15 is 0 Å². The fourth-order valence-corrected chi connectivity index (χ4v) is 3.65. The van der Waals surface area contributed by atoms with Crippen molar-refractivity contribution in [1.29, 1.82) is 0 Å². The van der Waals surface area contributed by atoms with Gasteiger partial charge in [-0.3, -0.25) is 0 Å². The SMILES string of the molecule is CC1=CC(OCC#Cc2ccc(C)cc2)CC(C)(C)[C@H]1/C=C/C(C)=C\C(=O)O. The third kappa shape index (κ3) is 6.55. The summed E-state index contributed by atoms with van der Waals surface area (Å²) in [6.07, 6.45) is 8.34. The number of carboxylic acids is 1. The topological polar surface area (TPSA) is 46.5 Å². The number of carboxylic acid groups (broad SMARTS) is 1. The lowest BCUT2D eigenvalue weighted by Crippen LogP contribution is -2.34. The Kier molecular flexibility index (Phi) is 7.43. The lowest BCUT2D eigenvalue weighted by Gasteiger charge is -2.40. The van der Waals surface area contributed by atoms with Crippen LogP contribution in [0.1, 0.15) is 45.2 Å². The number of allylic oxidation sites excluding steroid dienone is 4. The van der Waals surface area contributed by atoms with Gasteiger partial charge in [0.25, 0.3) is 0 Å². The molecule has 1 unspecified atom stereocenters. The monoisotopic (exact) mass is 378 g/mol. The van der Waals surface area contributed by atoms with Crippen LogP contribution in [0.15, 0.2) is 59.7 Å². The fraction of sp³-hybridized carbons (Fsp3) is 0.400. The van der Waals surface area contributed by atoms with E-state index in [1.54, 1.807) is 6.92 Å². The summed E-state index contributed by atoms with van der Waals surface area (Å²) >= 11 is 0. The van der Waals surface area contributed by atoms with E-state index < -0.39 is 5.97 Å². The first-order valence-electron chi connectivity index (χ1n) is 9.62. The van der Waals surface area contributed by atoms with E-state index in [0.717, 1.165) is 17.6 Å². The molecule has 2 atom stereocenters. The van der Waals surface area contributed by atoms with Gasteiger partial charge in [-0.2, -0.15) is 0 Å². The van der Waals surface area contributed by atoms with Crippen molar-refractivity contribution in [2.75, 3.05) is 6.61 Å². The molecule has 28 heavy (non-hydrogen) atoms. The largest absolute Gasteiger partial charge is 0.478 e. The van der Waals surface area contributed by atoms with E-state index in [2.05, 4.69) is 63.8 Å². The highest BCUT2D eigenvalue weighted by atomic mass is 16.5. The maximum atomic E-state index is 10.8. The van der Waals surface area contributed by atoms with Crippen molar-refractivity contribution in [3.63, 3.8) is 0 Å². The van der Waals surface area contributed by atoms with Crippen LogP contribution in [-0.4, -0.2) is 23.8 Å². The molecule has 1 aromatic carbocycles. The average Bonchev–Trinajstić information content (AvgIpc) is 2.58. The molecule has 1 aromatic rings. The van der Waals surface area contributed by atoms with Crippen molar-refractivity contribution in [3.8, 4) is 11.8 Å². The Morgan fingerprint density at radius 1 is 1.29 bits per heavy atom. The first-order valence-corrected chi connectivity index (χ1v) is 9.62. The Labute approximate surface area is 168 Å². The molecule has 0 radical (unpaired) electrons. The molecule has 0 spiro atoms. The Bertz CT molecular complexity index is 842. The Balaban J connectivity index is 2.00. The molecule has 0 aromatic heterocycles. The Morgan fingerprint density at radius 2 is 1.96 bits per heavy atom. The van der Waals surface area contributed by atoms with Crippen LogP contribution in [0.5, 0.6) is 0 Å². The van der Waals surface area contributed by atoms with Crippen molar-refractivity contribution in [3.05, 3.63) is 70.8 Å². The molecule has 0 amide bonds. The first kappa shape index (κ1) is 21.7. The first-order chi connectivity index (χ1) is 13.2. The summed E-state index contributed by atoms with van der Waals surface area (Å²) in [4.78, 5) is 10.8. The van der Waals surface area contributed by atoms with Gasteiger partial charge in [0, 0.05) is 17.6 Å². The summed E-state index contributed by atoms with van der Waals surface area (Å²) < 4.78 is 6.00. The van der Waals surface area contributed by atoms with Gasteiger partial charge in [0.2, 0.25) is 0 Å². The molecule has 3 nitrogen and oxygen atoms in total. The van der Waals surface area contributed by atoms with E-state index in [-0.39, 0.29) is 17.4 Å². The van der Waals surface area contributed by atoms with Crippen LogP contribution in [-0.2, 0) is 9.53 Å². The number of benzene rings is 1. The van der Waals surface area contributed by atoms with Crippen molar-refractivity contribution in [1.82, 2.24) is 0 Å². The summed E-state index contributed by atoms with van der Waals surface area (Å²) in [6, 6.07) is 8.16. The normalized spacial score (nSPS) is 21.8. The molecule has 1 aliphatic rings. The highest BCUT2D eigenvalue weighted by Gasteiger charge is 2.35. The minimum atomic E-state index is -0.919. The van der Waals surface area contributed by atoms with Gasteiger partial charge < -0.3 is 9.84 Å². The van der Waals surface area contributed by atoms with Crippen molar-refractivity contribution in [2.45, 2.75) is 47.1 Å². The fourth-order valence-electron chi connectivity index (χ4n) is 3.65. The summed E-state index contributed by atoms with van der Waals surface area (Å²) in [5.41, 5.74) is 4.23. The van der Waals surface area contributed by atoms with E-state index in [1.165, 1.54) is 17.2 Å². The summed E-state index contributed by atoms with van der Waals surface area (Å²) in [5.74, 6) is 5.57. The maximum absolute atomic E-state index is 10.8. The molecule has 0 heterocycles.